The van der Waals surface area contributed by atoms with E-state index in [0.29, 0.717) is 11.4 Å². The average Bonchev–Trinajstić information content (AvgIpc) is 2.78. The summed E-state index contributed by atoms with van der Waals surface area (Å²) in [6.45, 7) is 0.192. The number of amides is 2. The van der Waals surface area contributed by atoms with E-state index < -0.39 is 6.10 Å². The lowest BCUT2D eigenvalue weighted by molar-refractivity contribution is -0.127. The smallest absolute Gasteiger partial charge is 0.262 e. The van der Waals surface area contributed by atoms with Crippen LogP contribution < -0.4 is 15.0 Å². The maximum absolute atomic E-state index is 13.1. The van der Waals surface area contributed by atoms with Crippen molar-refractivity contribution in [2.75, 3.05) is 18.5 Å². The molecule has 1 N–H and O–H groups in total. The van der Waals surface area contributed by atoms with Gasteiger partial charge in [0, 0.05) is 7.05 Å². The highest BCUT2D eigenvalue weighted by molar-refractivity contribution is 5.98. The lowest BCUT2D eigenvalue weighted by Crippen LogP contribution is -2.50. The van der Waals surface area contributed by atoms with Crippen LogP contribution in [-0.2, 0) is 16.0 Å². The summed E-state index contributed by atoms with van der Waals surface area (Å²) >= 11 is 0. The van der Waals surface area contributed by atoms with Gasteiger partial charge in [0.15, 0.2) is 6.10 Å². The molecule has 0 aliphatic carbocycles. The normalized spacial score (nSPS) is 15.2. The Morgan fingerprint density at radius 1 is 0.931 bits per heavy atom. The molecule has 5 nitrogen and oxygen atoms in total. The Morgan fingerprint density at radius 3 is 2.31 bits per heavy atom. The monoisotopic (exact) mass is 386 g/mol. The van der Waals surface area contributed by atoms with Gasteiger partial charge in [0.05, 0.1) is 18.7 Å². The zero-order valence-electron chi connectivity index (χ0n) is 16.2. The Hall–Kier alpha value is -3.60. The first kappa shape index (κ1) is 18.7. The van der Waals surface area contributed by atoms with Gasteiger partial charge in [0.2, 0.25) is 5.91 Å². The third kappa shape index (κ3) is 3.99. The highest BCUT2D eigenvalue weighted by Gasteiger charge is 2.33. The van der Waals surface area contributed by atoms with E-state index in [1.54, 1.807) is 18.0 Å². The molecule has 1 aliphatic rings. The summed E-state index contributed by atoms with van der Waals surface area (Å²) in [5, 5.41) is 2.59. The molecule has 0 aromatic heterocycles. The number of nitrogens with one attached hydrogen (secondary N) is 1. The Bertz CT molecular complexity index is 1020. The lowest BCUT2D eigenvalue weighted by atomic mass is 10.0. The molecule has 0 saturated heterocycles. The van der Waals surface area contributed by atoms with E-state index in [1.807, 2.05) is 60.7 Å². The van der Waals surface area contributed by atoms with Gasteiger partial charge in [0.25, 0.3) is 5.91 Å². The minimum atomic E-state index is -0.723. The molecular weight excluding hydrogens is 364 g/mol. The minimum Gasteiger partial charge on any atom is -0.477 e. The van der Waals surface area contributed by atoms with Crippen molar-refractivity contribution in [2.45, 2.75) is 12.5 Å². The van der Waals surface area contributed by atoms with Crippen LogP contribution in [0.1, 0.15) is 5.56 Å². The summed E-state index contributed by atoms with van der Waals surface area (Å²) in [6, 6.07) is 25.4. The Balaban J connectivity index is 1.53. The second-order valence-electron chi connectivity index (χ2n) is 6.93. The van der Waals surface area contributed by atoms with Crippen LogP contribution in [0, 0.1) is 0 Å². The molecule has 0 fully saturated rings. The molecule has 0 spiro atoms. The molecule has 1 unspecified atom stereocenters. The van der Waals surface area contributed by atoms with Crippen LogP contribution >= 0.6 is 0 Å². The molecule has 0 bridgehead atoms. The van der Waals surface area contributed by atoms with E-state index in [9.17, 15) is 9.59 Å². The number of benzene rings is 3. The quantitative estimate of drug-likeness (QED) is 0.747. The van der Waals surface area contributed by atoms with E-state index >= 15 is 0 Å². The number of likely N-dealkylation sites (N-methyl/N-ethyl adjacent to an activating group) is 1. The first-order valence-electron chi connectivity index (χ1n) is 9.57. The fourth-order valence-corrected chi connectivity index (χ4v) is 3.48. The summed E-state index contributed by atoms with van der Waals surface area (Å²) in [5.41, 5.74) is 3.87. The third-order valence-corrected chi connectivity index (χ3v) is 5.03. The van der Waals surface area contributed by atoms with E-state index in [-0.39, 0.29) is 24.8 Å². The molecule has 146 valence electrons. The molecule has 1 heterocycles. The van der Waals surface area contributed by atoms with Crippen molar-refractivity contribution in [3.05, 3.63) is 84.4 Å². The Kier molecular flexibility index (Phi) is 5.29. The van der Waals surface area contributed by atoms with Gasteiger partial charge in [-0.25, -0.2) is 0 Å². The first-order chi connectivity index (χ1) is 14.2. The molecule has 0 saturated carbocycles. The highest BCUT2D eigenvalue weighted by Crippen LogP contribution is 2.33. The van der Waals surface area contributed by atoms with Crippen LogP contribution in [0.15, 0.2) is 78.9 Å². The number of anilines is 1. The predicted octanol–water partition coefficient (Wildman–Crippen LogP) is 3.44. The van der Waals surface area contributed by atoms with Gasteiger partial charge in [-0.15, -0.1) is 0 Å². The number of rotatable bonds is 4. The largest absolute Gasteiger partial charge is 0.477 e. The number of hydrogen-bond acceptors (Lipinski definition) is 3. The lowest BCUT2D eigenvalue weighted by Gasteiger charge is -2.34. The maximum atomic E-state index is 13.1. The zero-order valence-corrected chi connectivity index (χ0v) is 16.2. The maximum Gasteiger partial charge on any atom is 0.262 e. The fraction of sp³-hybridized carbons (Fsp3) is 0.167. The van der Waals surface area contributed by atoms with E-state index in [2.05, 4.69) is 17.4 Å². The Morgan fingerprint density at radius 2 is 1.59 bits per heavy atom. The number of carbonyl (C=O) groups excluding carboxylic acids is 2. The molecule has 0 radical (unpaired) electrons. The highest BCUT2D eigenvalue weighted by atomic mass is 16.5. The van der Waals surface area contributed by atoms with Gasteiger partial charge in [-0.05, 0) is 28.8 Å². The average molecular weight is 386 g/mol. The fourth-order valence-electron chi connectivity index (χ4n) is 3.48. The molecular formula is C24H22N2O3. The molecule has 4 rings (SSSR count). The molecule has 2 amide bonds. The summed E-state index contributed by atoms with van der Waals surface area (Å²) in [6.07, 6.45) is -0.469. The predicted molar refractivity (Wildman–Crippen MR) is 113 cm³/mol. The van der Waals surface area contributed by atoms with Crippen LogP contribution in [0.25, 0.3) is 11.1 Å². The summed E-state index contributed by atoms with van der Waals surface area (Å²) in [5.74, 6) is 0.228. The van der Waals surface area contributed by atoms with Crippen LogP contribution in [0.4, 0.5) is 5.69 Å². The number of nitrogens with zero attached hydrogens (tertiary/aromatic N) is 1. The summed E-state index contributed by atoms with van der Waals surface area (Å²) in [4.78, 5) is 26.8. The van der Waals surface area contributed by atoms with E-state index in [1.165, 1.54) is 0 Å². The van der Waals surface area contributed by atoms with Gasteiger partial charge in [-0.1, -0.05) is 66.7 Å². The van der Waals surface area contributed by atoms with Gasteiger partial charge < -0.3 is 15.0 Å². The van der Waals surface area contributed by atoms with Crippen molar-refractivity contribution in [3.63, 3.8) is 0 Å². The van der Waals surface area contributed by atoms with Crippen LogP contribution in [-0.4, -0.2) is 31.5 Å². The molecule has 5 heteroatoms. The van der Waals surface area contributed by atoms with Crippen molar-refractivity contribution in [1.29, 1.82) is 0 Å². The van der Waals surface area contributed by atoms with E-state index in [0.717, 1.165) is 16.7 Å². The molecule has 29 heavy (non-hydrogen) atoms. The van der Waals surface area contributed by atoms with Crippen LogP contribution in [0.5, 0.6) is 5.75 Å². The van der Waals surface area contributed by atoms with Gasteiger partial charge in [0.1, 0.15) is 5.75 Å². The van der Waals surface area contributed by atoms with Crippen molar-refractivity contribution in [3.8, 4) is 16.9 Å². The summed E-state index contributed by atoms with van der Waals surface area (Å²) < 4.78 is 5.77. The third-order valence-electron chi connectivity index (χ3n) is 5.03. The number of ether oxygens (including phenoxy) is 1. The zero-order chi connectivity index (χ0) is 20.2. The second-order valence-corrected chi connectivity index (χ2v) is 6.93. The number of para-hydroxylation sites is 2. The van der Waals surface area contributed by atoms with Crippen molar-refractivity contribution >= 4 is 17.5 Å². The number of hydrogen-bond donors (Lipinski definition) is 1. The second kappa shape index (κ2) is 8.19. The summed E-state index contributed by atoms with van der Waals surface area (Å²) in [7, 11) is 1.56. The van der Waals surface area contributed by atoms with E-state index in [4.69, 9.17) is 4.74 Å². The van der Waals surface area contributed by atoms with Crippen LogP contribution in [0.3, 0.4) is 0 Å². The Labute approximate surface area is 169 Å². The van der Waals surface area contributed by atoms with Crippen molar-refractivity contribution in [2.24, 2.45) is 0 Å². The van der Waals surface area contributed by atoms with Gasteiger partial charge >= 0.3 is 0 Å². The number of carbonyl (C=O) groups is 2. The van der Waals surface area contributed by atoms with Gasteiger partial charge in [-0.3, -0.25) is 9.59 Å². The first-order valence-corrected chi connectivity index (χ1v) is 9.57. The van der Waals surface area contributed by atoms with Gasteiger partial charge in [-0.2, -0.15) is 0 Å². The number of fused-ring (bicyclic) bond motifs is 1. The van der Waals surface area contributed by atoms with Crippen LogP contribution in [0.2, 0.25) is 0 Å². The SMILES string of the molecule is CNC(=O)C1CN(C(=O)Cc2ccc(-c3ccccc3)cc2)c2ccccc2O1. The standard InChI is InChI=1S/C24H22N2O3/c1-25-24(28)22-16-26(20-9-5-6-10-21(20)29-22)23(27)15-17-11-13-19(14-12-17)18-7-3-2-4-8-18/h2-14,22H,15-16H2,1H3,(H,25,28). The molecule has 3 aromatic rings. The molecule has 3 aromatic carbocycles. The molecule has 1 atom stereocenters. The van der Waals surface area contributed by atoms with Crippen molar-refractivity contribution in [1.82, 2.24) is 5.32 Å². The molecule has 1 aliphatic heterocycles. The minimum absolute atomic E-state index is 0.0675. The van der Waals surface area contributed by atoms with Crippen molar-refractivity contribution < 1.29 is 14.3 Å². The topological polar surface area (TPSA) is 58.6 Å².